The normalized spacial score (nSPS) is 15.2. The van der Waals surface area contributed by atoms with E-state index in [1.807, 2.05) is 0 Å². The molecule has 1 saturated carbocycles. The molecule has 0 radical (unpaired) electrons. The van der Waals surface area contributed by atoms with Gasteiger partial charge in [0.2, 0.25) is 11.0 Å². The molecule has 128 valence electrons. The number of anilines is 2. The molecule has 0 bridgehead atoms. The topological polar surface area (TPSA) is 66.9 Å². The molecule has 1 aliphatic carbocycles. The molecule has 0 atom stereocenters. The Morgan fingerprint density at radius 3 is 2.71 bits per heavy atom. The quantitative estimate of drug-likeness (QED) is 0.711. The third-order valence-electron chi connectivity index (χ3n) is 3.79. The number of aromatic nitrogens is 2. The standard InChI is InChI=1S/C16H19ClN4OS2/c17-11-6-8-13(9-7-11)18-14(22)10-23-16-21-20-15(24-16)19-12-4-2-1-3-5-12/h6-9,12H,1-5,10H2,(H,18,22)(H,19,20). The molecule has 0 unspecified atom stereocenters. The lowest BCUT2D eigenvalue weighted by molar-refractivity contribution is -0.113. The molecule has 5 nitrogen and oxygen atoms in total. The minimum atomic E-state index is -0.0701. The fraction of sp³-hybridized carbons (Fsp3) is 0.438. The Labute approximate surface area is 154 Å². The summed E-state index contributed by atoms with van der Waals surface area (Å²) in [7, 11) is 0. The van der Waals surface area contributed by atoms with E-state index in [0.717, 1.165) is 15.2 Å². The zero-order valence-corrected chi connectivity index (χ0v) is 15.5. The summed E-state index contributed by atoms with van der Waals surface area (Å²) in [6, 6.07) is 7.57. The van der Waals surface area contributed by atoms with Crippen LogP contribution in [-0.2, 0) is 4.79 Å². The van der Waals surface area contributed by atoms with E-state index < -0.39 is 0 Å². The Kier molecular flexibility index (Phi) is 6.34. The second-order valence-corrected chi connectivity index (χ2v) is 8.33. The van der Waals surface area contributed by atoms with Gasteiger partial charge in [-0.3, -0.25) is 4.79 Å². The summed E-state index contributed by atoms with van der Waals surface area (Å²) >= 11 is 8.73. The van der Waals surface area contributed by atoms with E-state index in [2.05, 4.69) is 20.8 Å². The van der Waals surface area contributed by atoms with Crippen LogP contribution in [0.25, 0.3) is 0 Å². The molecule has 1 heterocycles. The second-order valence-electron chi connectivity index (χ2n) is 5.70. The summed E-state index contributed by atoms with van der Waals surface area (Å²) < 4.78 is 0.805. The van der Waals surface area contributed by atoms with Gasteiger partial charge in [0.05, 0.1) is 5.75 Å². The predicted octanol–water partition coefficient (Wildman–Crippen LogP) is 4.67. The van der Waals surface area contributed by atoms with Gasteiger partial charge in [0, 0.05) is 16.8 Å². The molecule has 0 aliphatic heterocycles. The summed E-state index contributed by atoms with van der Waals surface area (Å²) in [6.07, 6.45) is 6.29. The maximum Gasteiger partial charge on any atom is 0.234 e. The molecule has 0 spiro atoms. The molecular formula is C16H19ClN4OS2. The van der Waals surface area contributed by atoms with Gasteiger partial charge in [-0.2, -0.15) is 0 Å². The molecule has 1 aromatic heterocycles. The Bertz CT molecular complexity index is 671. The van der Waals surface area contributed by atoms with E-state index in [1.54, 1.807) is 24.3 Å². The van der Waals surface area contributed by atoms with Crippen LogP contribution in [0.2, 0.25) is 5.02 Å². The largest absolute Gasteiger partial charge is 0.357 e. The highest BCUT2D eigenvalue weighted by Crippen LogP contribution is 2.28. The lowest BCUT2D eigenvalue weighted by Gasteiger charge is -2.21. The summed E-state index contributed by atoms with van der Waals surface area (Å²) in [5.74, 6) is 0.236. The van der Waals surface area contributed by atoms with Gasteiger partial charge in [0.25, 0.3) is 0 Å². The molecule has 2 aromatic rings. The molecule has 1 aromatic carbocycles. The average Bonchev–Trinajstić information content (AvgIpc) is 3.03. The van der Waals surface area contributed by atoms with Crippen LogP contribution in [0.3, 0.4) is 0 Å². The number of nitrogens with one attached hydrogen (secondary N) is 2. The highest BCUT2D eigenvalue weighted by Gasteiger charge is 2.15. The van der Waals surface area contributed by atoms with Gasteiger partial charge in [-0.1, -0.05) is 54.0 Å². The third-order valence-corrected chi connectivity index (χ3v) is 6.03. The van der Waals surface area contributed by atoms with Gasteiger partial charge in [0.1, 0.15) is 0 Å². The molecule has 2 N–H and O–H groups in total. The first kappa shape index (κ1) is 17.5. The van der Waals surface area contributed by atoms with Crippen LogP contribution in [0.4, 0.5) is 10.8 Å². The molecule has 3 rings (SSSR count). The lowest BCUT2D eigenvalue weighted by atomic mass is 9.96. The minimum absolute atomic E-state index is 0.0701. The van der Waals surface area contributed by atoms with Gasteiger partial charge in [0.15, 0.2) is 4.34 Å². The Hall–Kier alpha value is -1.31. The van der Waals surface area contributed by atoms with Crippen molar-refractivity contribution >= 4 is 51.4 Å². The first-order valence-electron chi connectivity index (χ1n) is 7.97. The molecule has 8 heteroatoms. The maximum atomic E-state index is 12.0. The number of benzene rings is 1. The van der Waals surface area contributed by atoms with Gasteiger partial charge >= 0.3 is 0 Å². The molecule has 1 aliphatic rings. The number of thioether (sulfide) groups is 1. The van der Waals surface area contributed by atoms with Crippen LogP contribution < -0.4 is 10.6 Å². The Morgan fingerprint density at radius 1 is 1.21 bits per heavy atom. The van der Waals surface area contributed by atoms with Crippen molar-refractivity contribution in [1.82, 2.24) is 10.2 Å². The molecule has 0 saturated heterocycles. The molecule has 1 amide bonds. The number of carbonyl (C=O) groups excluding carboxylic acids is 1. The first-order valence-corrected chi connectivity index (χ1v) is 10.2. The van der Waals surface area contributed by atoms with Gasteiger partial charge in [-0.15, -0.1) is 10.2 Å². The summed E-state index contributed by atoms with van der Waals surface area (Å²) in [6.45, 7) is 0. The van der Waals surface area contributed by atoms with Crippen molar-refractivity contribution in [3.8, 4) is 0 Å². The van der Waals surface area contributed by atoms with Crippen molar-refractivity contribution in [3.05, 3.63) is 29.3 Å². The van der Waals surface area contributed by atoms with E-state index in [4.69, 9.17) is 11.6 Å². The number of hydrogen-bond acceptors (Lipinski definition) is 6. The van der Waals surface area contributed by atoms with Gasteiger partial charge in [-0.05, 0) is 37.1 Å². The first-order chi connectivity index (χ1) is 11.7. The van der Waals surface area contributed by atoms with Crippen LogP contribution in [0.15, 0.2) is 28.6 Å². The van der Waals surface area contributed by atoms with Crippen LogP contribution in [-0.4, -0.2) is 27.9 Å². The number of carbonyl (C=O) groups is 1. The predicted molar refractivity (Wildman–Crippen MR) is 101 cm³/mol. The zero-order valence-electron chi connectivity index (χ0n) is 13.1. The van der Waals surface area contributed by atoms with E-state index in [1.165, 1.54) is 55.2 Å². The second kappa shape index (κ2) is 8.69. The van der Waals surface area contributed by atoms with Crippen LogP contribution in [0.5, 0.6) is 0 Å². The maximum absolute atomic E-state index is 12.0. The summed E-state index contributed by atoms with van der Waals surface area (Å²) in [5, 5.41) is 16.1. The van der Waals surface area contributed by atoms with E-state index in [9.17, 15) is 4.79 Å². The highest BCUT2D eigenvalue weighted by molar-refractivity contribution is 8.01. The van der Waals surface area contributed by atoms with Crippen molar-refractivity contribution in [2.45, 2.75) is 42.5 Å². The number of halogens is 1. The lowest BCUT2D eigenvalue weighted by Crippen LogP contribution is -2.21. The molecule has 24 heavy (non-hydrogen) atoms. The fourth-order valence-corrected chi connectivity index (χ4v) is 4.36. The van der Waals surface area contributed by atoms with Crippen molar-refractivity contribution in [1.29, 1.82) is 0 Å². The van der Waals surface area contributed by atoms with Crippen molar-refractivity contribution in [2.75, 3.05) is 16.4 Å². The minimum Gasteiger partial charge on any atom is -0.357 e. The molecular weight excluding hydrogens is 364 g/mol. The highest BCUT2D eigenvalue weighted by atomic mass is 35.5. The van der Waals surface area contributed by atoms with E-state index in [0.29, 0.717) is 16.8 Å². The average molecular weight is 383 g/mol. The van der Waals surface area contributed by atoms with Gasteiger partial charge < -0.3 is 10.6 Å². The van der Waals surface area contributed by atoms with E-state index in [-0.39, 0.29) is 5.91 Å². The Morgan fingerprint density at radius 2 is 1.96 bits per heavy atom. The summed E-state index contributed by atoms with van der Waals surface area (Å²) in [5.41, 5.74) is 0.738. The smallest absolute Gasteiger partial charge is 0.234 e. The fourth-order valence-electron chi connectivity index (χ4n) is 2.61. The summed E-state index contributed by atoms with van der Waals surface area (Å²) in [4.78, 5) is 12.0. The monoisotopic (exact) mass is 382 g/mol. The van der Waals surface area contributed by atoms with Crippen LogP contribution in [0.1, 0.15) is 32.1 Å². The van der Waals surface area contributed by atoms with Gasteiger partial charge in [-0.25, -0.2) is 0 Å². The van der Waals surface area contributed by atoms with Crippen molar-refractivity contribution in [3.63, 3.8) is 0 Å². The van der Waals surface area contributed by atoms with Crippen LogP contribution >= 0.6 is 34.7 Å². The number of rotatable bonds is 6. The molecule has 1 fully saturated rings. The zero-order chi connectivity index (χ0) is 16.8. The SMILES string of the molecule is O=C(CSc1nnc(NC2CCCCC2)s1)Nc1ccc(Cl)cc1. The Balaban J connectivity index is 1.44. The number of nitrogens with zero attached hydrogens (tertiary/aromatic N) is 2. The van der Waals surface area contributed by atoms with E-state index >= 15 is 0 Å². The number of hydrogen-bond donors (Lipinski definition) is 2. The van der Waals surface area contributed by atoms with Crippen molar-refractivity contribution in [2.24, 2.45) is 0 Å². The third kappa shape index (κ3) is 5.36. The van der Waals surface area contributed by atoms with Crippen molar-refractivity contribution < 1.29 is 4.79 Å². The number of amides is 1. The van der Waals surface area contributed by atoms with Crippen LogP contribution in [0, 0.1) is 0 Å².